The van der Waals surface area contributed by atoms with Crippen molar-refractivity contribution in [1.29, 1.82) is 0 Å². The molecule has 3 rings (SSSR count). The number of nitrogens with zero attached hydrogens (tertiary/aromatic N) is 3. The average molecular weight is 339 g/mol. The molecule has 0 spiro atoms. The van der Waals surface area contributed by atoms with Gasteiger partial charge < -0.3 is 14.9 Å². The number of aliphatic carboxylic acids is 1. The van der Waals surface area contributed by atoms with Gasteiger partial charge in [-0.1, -0.05) is 12.1 Å². The van der Waals surface area contributed by atoms with Gasteiger partial charge in [0.05, 0.1) is 5.92 Å². The Morgan fingerprint density at radius 2 is 2.00 bits per heavy atom. The summed E-state index contributed by atoms with van der Waals surface area (Å²) < 4.78 is 0. The fourth-order valence-electron chi connectivity index (χ4n) is 3.25. The number of carbonyl (C=O) groups excluding carboxylic acids is 1. The summed E-state index contributed by atoms with van der Waals surface area (Å²) >= 11 is 0. The molecule has 1 saturated heterocycles. The summed E-state index contributed by atoms with van der Waals surface area (Å²) in [4.78, 5) is 32.2. The molecule has 6 heteroatoms. The maximum absolute atomic E-state index is 12.9. The third-order valence-electron chi connectivity index (χ3n) is 4.65. The third kappa shape index (κ3) is 3.47. The number of anilines is 1. The average Bonchev–Trinajstić information content (AvgIpc) is 3.07. The van der Waals surface area contributed by atoms with E-state index in [1.165, 1.54) is 0 Å². The van der Waals surface area contributed by atoms with Crippen molar-refractivity contribution >= 4 is 17.6 Å². The smallest absolute Gasteiger partial charge is 0.308 e. The minimum Gasteiger partial charge on any atom is -0.481 e. The minimum absolute atomic E-state index is 0.138. The molecule has 0 aliphatic carbocycles. The molecule has 1 aromatic heterocycles. The molecule has 25 heavy (non-hydrogen) atoms. The van der Waals surface area contributed by atoms with Crippen LogP contribution in [0.5, 0.6) is 0 Å². The van der Waals surface area contributed by atoms with Crippen molar-refractivity contribution in [3.63, 3.8) is 0 Å². The fraction of sp³-hybridized carbons (Fsp3) is 0.316. The topological polar surface area (TPSA) is 73.7 Å². The maximum atomic E-state index is 12.9. The Morgan fingerprint density at radius 3 is 2.64 bits per heavy atom. The van der Waals surface area contributed by atoms with E-state index in [2.05, 4.69) is 4.98 Å². The van der Waals surface area contributed by atoms with Gasteiger partial charge in [0.15, 0.2) is 0 Å². The zero-order valence-electron chi connectivity index (χ0n) is 14.3. The van der Waals surface area contributed by atoms with Crippen LogP contribution < -0.4 is 4.90 Å². The van der Waals surface area contributed by atoms with Gasteiger partial charge in [-0.2, -0.15) is 0 Å². The highest BCUT2D eigenvalue weighted by molar-refractivity contribution is 5.96. The summed E-state index contributed by atoms with van der Waals surface area (Å²) in [6.45, 7) is 0.591. The van der Waals surface area contributed by atoms with E-state index in [-0.39, 0.29) is 18.4 Å². The summed E-state index contributed by atoms with van der Waals surface area (Å²) in [5.74, 6) is -1.88. The molecule has 6 nitrogen and oxygen atoms in total. The lowest BCUT2D eigenvalue weighted by atomic mass is 9.90. The number of pyridine rings is 1. The Morgan fingerprint density at radius 1 is 1.20 bits per heavy atom. The number of aromatic nitrogens is 1. The molecule has 1 aliphatic heterocycles. The fourth-order valence-corrected chi connectivity index (χ4v) is 3.25. The second kappa shape index (κ2) is 6.93. The first-order chi connectivity index (χ1) is 12.0. The minimum atomic E-state index is -0.883. The standard InChI is InChI=1S/C19H21N3O3/c1-21(2)15-7-3-5-13(9-15)18(23)22-11-16(17(12-22)19(24)25)14-6-4-8-20-10-14/h3-10,16-17H,11-12H2,1-2H3,(H,24,25)/t16-,17+/m1/s1. The van der Waals surface area contributed by atoms with Crippen molar-refractivity contribution < 1.29 is 14.7 Å². The molecule has 2 aromatic rings. The van der Waals surface area contributed by atoms with E-state index in [0.29, 0.717) is 12.1 Å². The highest BCUT2D eigenvalue weighted by Crippen LogP contribution is 2.33. The van der Waals surface area contributed by atoms with Crippen molar-refractivity contribution in [2.45, 2.75) is 5.92 Å². The van der Waals surface area contributed by atoms with Gasteiger partial charge in [-0.25, -0.2) is 0 Å². The van der Waals surface area contributed by atoms with Crippen molar-refractivity contribution in [2.24, 2.45) is 5.92 Å². The van der Waals surface area contributed by atoms with Gasteiger partial charge in [0.2, 0.25) is 0 Å². The van der Waals surface area contributed by atoms with Crippen LogP contribution in [0.2, 0.25) is 0 Å². The summed E-state index contributed by atoms with van der Waals surface area (Å²) in [5.41, 5.74) is 2.36. The van der Waals surface area contributed by atoms with Crippen LogP contribution in [0.4, 0.5) is 5.69 Å². The molecular weight excluding hydrogens is 318 g/mol. The van der Waals surface area contributed by atoms with E-state index < -0.39 is 11.9 Å². The SMILES string of the molecule is CN(C)c1cccc(C(=O)N2C[C@H](C(=O)O)[C@@H](c3cccnc3)C2)c1. The van der Waals surface area contributed by atoms with Crippen molar-refractivity contribution in [3.8, 4) is 0 Å². The van der Waals surface area contributed by atoms with Crippen LogP contribution in [0.15, 0.2) is 48.8 Å². The number of rotatable bonds is 4. The van der Waals surface area contributed by atoms with Crippen LogP contribution in [-0.2, 0) is 4.79 Å². The number of likely N-dealkylation sites (tertiary alicyclic amines) is 1. The number of carboxylic acid groups (broad SMARTS) is 1. The summed E-state index contributed by atoms with van der Waals surface area (Å²) in [7, 11) is 3.83. The van der Waals surface area contributed by atoms with Gasteiger partial charge in [0.1, 0.15) is 0 Å². The van der Waals surface area contributed by atoms with E-state index in [9.17, 15) is 14.7 Å². The first-order valence-electron chi connectivity index (χ1n) is 8.16. The van der Waals surface area contributed by atoms with Gasteiger partial charge in [-0.3, -0.25) is 14.6 Å². The molecule has 1 amide bonds. The van der Waals surface area contributed by atoms with E-state index >= 15 is 0 Å². The molecule has 0 unspecified atom stereocenters. The van der Waals surface area contributed by atoms with Gasteiger partial charge in [0.25, 0.3) is 5.91 Å². The molecule has 1 fully saturated rings. The van der Waals surface area contributed by atoms with Crippen LogP contribution >= 0.6 is 0 Å². The molecule has 1 aliphatic rings. The molecule has 130 valence electrons. The maximum Gasteiger partial charge on any atom is 0.308 e. The quantitative estimate of drug-likeness (QED) is 0.923. The largest absolute Gasteiger partial charge is 0.481 e. The number of benzene rings is 1. The molecule has 2 heterocycles. The number of carbonyl (C=O) groups is 2. The molecule has 2 atom stereocenters. The monoisotopic (exact) mass is 339 g/mol. The van der Waals surface area contributed by atoms with Crippen LogP contribution in [0.25, 0.3) is 0 Å². The van der Waals surface area contributed by atoms with E-state index in [1.54, 1.807) is 29.4 Å². The van der Waals surface area contributed by atoms with Gasteiger partial charge >= 0.3 is 5.97 Å². The van der Waals surface area contributed by atoms with Crippen LogP contribution in [0.3, 0.4) is 0 Å². The first-order valence-corrected chi connectivity index (χ1v) is 8.16. The Balaban J connectivity index is 1.85. The number of hydrogen-bond donors (Lipinski definition) is 1. The summed E-state index contributed by atoms with van der Waals surface area (Å²) in [6, 6.07) is 11.0. The predicted molar refractivity (Wildman–Crippen MR) is 94.8 cm³/mol. The predicted octanol–water partition coefficient (Wildman–Crippen LogP) is 2.09. The Labute approximate surface area is 146 Å². The Bertz CT molecular complexity index is 776. The van der Waals surface area contributed by atoms with Gasteiger partial charge in [0, 0.05) is 56.7 Å². The third-order valence-corrected chi connectivity index (χ3v) is 4.65. The highest BCUT2D eigenvalue weighted by atomic mass is 16.4. The molecule has 1 N–H and O–H groups in total. The lowest BCUT2D eigenvalue weighted by molar-refractivity contribution is -0.141. The van der Waals surface area contributed by atoms with Crippen molar-refractivity contribution in [1.82, 2.24) is 9.88 Å². The number of amides is 1. The summed E-state index contributed by atoms with van der Waals surface area (Å²) in [6.07, 6.45) is 3.34. The van der Waals surface area contributed by atoms with Crippen LogP contribution in [-0.4, -0.2) is 54.1 Å². The van der Waals surface area contributed by atoms with Crippen LogP contribution in [0, 0.1) is 5.92 Å². The first kappa shape index (κ1) is 17.0. The second-order valence-electron chi connectivity index (χ2n) is 6.49. The van der Waals surface area contributed by atoms with Gasteiger partial charge in [-0.05, 0) is 29.8 Å². The Kier molecular flexibility index (Phi) is 4.70. The second-order valence-corrected chi connectivity index (χ2v) is 6.49. The summed E-state index contributed by atoms with van der Waals surface area (Å²) in [5, 5.41) is 9.57. The van der Waals surface area contributed by atoms with E-state index in [0.717, 1.165) is 11.3 Å². The molecule has 0 bridgehead atoms. The van der Waals surface area contributed by atoms with Crippen molar-refractivity contribution in [3.05, 3.63) is 59.9 Å². The lowest BCUT2D eigenvalue weighted by Crippen LogP contribution is -2.30. The van der Waals surface area contributed by atoms with Gasteiger partial charge in [-0.15, -0.1) is 0 Å². The van der Waals surface area contributed by atoms with E-state index in [1.807, 2.05) is 43.3 Å². The molecule has 0 saturated carbocycles. The molecule has 1 aromatic carbocycles. The number of carboxylic acids is 1. The normalized spacial score (nSPS) is 19.7. The molecule has 0 radical (unpaired) electrons. The zero-order valence-corrected chi connectivity index (χ0v) is 14.3. The number of hydrogen-bond acceptors (Lipinski definition) is 4. The Hall–Kier alpha value is -2.89. The highest BCUT2D eigenvalue weighted by Gasteiger charge is 2.40. The molecular formula is C19H21N3O3. The zero-order chi connectivity index (χ0) is 18.0. The van der Waals surface area contributed by atoms with Crippen molar-refractivity contribution in [2.75, 3.05) is 32.1 Å². The van der Waals surface area contributed by atoms with Crippen LogP contribution in [0.1, 0.15) is 21.8 Å². The lowest BCUT2D eigenvalue weighted by Gasteiger charge is -2.18. The van der Waals surface area contributed by atoms with E-state index in [4.69, 9.17) is 0 Å².